The van der Waals surface area contributed by atoms with Crippen LogP contribution in [0.5, 0.6) is 0 Å². The van der Waals surface area contributed by atoms with E-state index in [0.717, 1.165) is 5.56 Å². The van der Waals surface area contributed by atoms with Crippen LogP contribution in [-0.2, 0) is 20.8 Å². The summed E-state index contributed by atoms with van der Waals surface area (Å²) in [7, 11) is 0. The topological polar surface area (TPSA) is 156 Å². The van der Waals surface area contributed by atoms with E-state index in [1.54, 1.807) is 0 Å². The van der Waals surface area contributed by atoms with E-state index in [1.807, 2.05) is 44.2 Å². The van der Waals surface area contributed by atoms with Gasteiger partial charge in [-0.25, -0.2) is 0 Å². The number of hydrogen-bond acceptors (Lipinski definition) is 6. The fraction of sp³-hybridized carbons (Fsp3) is 0.423. The van der Waals surface area contributed by atoms with Gasteiger partial charge in [-0.2, -0.15) is 0 Å². The predicted octanol–water partition coefficient (Wildman–Crippen LogP) is 3.34. The molecule has 0 fully saturated rings. The van der Waals surface area contributed by atoms with Crippen molar-refractivity contribution in [3.05, 3.63) is 70.3 Å². The van der Waals surface area contributed by atoms with Crippen molar-refractivity contribution >= 4 is 41.5 Å². The van der Waals surface area contributed by atoms with E-state index in [4.69, 9.17) is 5.73 Å². The van der Waals surface area contributed by atoms with Crippen LogP contribution in [0.15, 0.2) is 54.6 Å². The Balaban J connectivity index is 0.00000684. The molecule has 2 rings (SSSR count). The van der Waals surface area contributed by atoms with Crippen molar-refractivity contribution in [3.8, 4) is 0 Å². The maximum atomic E-state index is 13.3. The standard InChI is InChI=1S/C26H35N5O5.ClH/c1-18(2)16-24(32)29-23(17-19-8-4-3-5-9-19)26(34)30-22(10-6-7-15-27)25(33)28-20-11-13-21(14-12-20)31(35)36;/h3-5,8-9,11-14,18,22-23H,6-7,10,15-17,27H2,1-2H3,(H,28,33)(H,29,32)(H,30,34);1H/t22-,23-;/m0./s1. The summed E-state index contributed by atoms with van der Waals surface area (Å²) in [5.74, 6) is -1.04. The number of carbonyl (C=O) groups excluding carboxylic acids is 3. The number of nitrogens with one attached hydrogen (secondary N) is 3. The molecule has 0 unspecified atom stereocenters. The van der Waals surface area contributed by atoms with Crippen molar-refractivity contribution in [1.29, 1.82) is 0 Å². The van der Waals surface area contributed by atoms with Gasteiger partial charge in [0.25, 0.3) is 5.69 Å². The van der Waals surface area contributed by atoms with Crippen molar-refractivity contribution in [3.63, 3.8) is 0 Å². The average molecular weight is 534 g/mol. The largest absolute Gasteiger partial charge is 0.344 e. The maximum Gasteiger partial charge on any atom is 0.269 e. The molecule has 0 saturated carbocycles. The molecule has 10 nitrogen and oxygen atoms in total. The number of halogens is 1. The van der Waals surface area contributed by atoms with E-state index in [2.05, 4.69) is 16.0 Å². The molecule has 5 N–H and O–H groups in total. The molecule has 0 heterocycles. The second kappa shape index (κ2) is 16.3. The van der Waals surface area contributed by atoms with E-state index in [0.29, 0.717) is 31.5 Å². The average Bonchev–Trinajstić information content (AvgIpc) is 2.83. The Morgan fingerprint density at radius 1 is 0.919 bits per heavy atom. The molecule has 0 bridgehead atoms. The number of carbonyl (C=O) groups is 3. The number of nitro benzene ring substituents is 1. The number of hydrogen-bond donors (Lipinski definition) is 4. The zero-order valence-corrected chi connectivity index (χ0v) is 22.0. The minimum Gasteiger partial charge on any atom is -0.344 e. The van der Waals surface area contributed by atoms with E-state index < -0.39 is 28.8 Å². The lowest BCUT2D eigenvalue weighted by molar-refractivity contribution is -0.384. The third-order valence-electron chi connectivity index (χ3n) is 5.45. The molecule has 202 valence electrons. The number of benzene rings is 2. The minimum atomic E-state index is -0.875. The molecule has 0 saturated heterocycles. The highest BCUT2D eigenvalue weighted by atomic mass is 35.5. The quantitative estimate of drug-likeness (QED) is 0.166. The Bertz CT molecular complexity index is 1020. The number of nitrogens with two attached hydrogens (primary N) is 1. The molecule has 2 aromatic rings. The van der Waals surface area contributed by atoms with Crippen LogP contribution < -0.4 is 21.7 Å². The number of anilines is 1. The maximum absolute atomic E-state index is 13.3. The second-order valence-corrected chi connectivity index (χ2v) is 9.05. The van der Waals surface area contributed by atoms with Crippen LogP contribution in [0.2, 0.25) is 0 Å². The van der Waals surface area contributed by atoms with Gasteiger partial charge in [0.15, 0.2) is 0 Å². The van der Waals surface area contributed by atoms with Crippen molar-refractivity contribution < 1.29 is 19.3 Å². The Morgan fingerprint density at radius 3 is 2.14 bits per heavy atom. The molecule has 0 aliphatic carbocycles. The number of amides is 3. The molecule has 3 amide bonds. The monoisotopic (exact) mass is 533 g/mol. The highest BCUT2D eigenvalue weighted by Gasteiger charge is 2.27. The number of rotatable bonds is 14. The molecular formula is C26H36ClN5O5. The summed E-state index contributed by atoms with van der Waals surface area (Å²) in [6.07, 6.45) is 2.18. The molecule has 0 aromatic heterocycles. The van der Waals surface area contributed by atoms with E-state index in [9.17, 15) is 24.5 Å². The van der Waals surface area contributed by atoms with Gasteiger partial charge in [-0.3, -0.25) is 24.5 Å². The van der Waals surface area contributed by atoms with Crippen molar-refractivity contribution in [2.24, 2.45) is 11.7 Å². The fourth-order valence-electron chi connectivity index (χ4n) is 3.61. The first-order valence-electron chi connectivity index (χ1n) is 12.1. The van der Waals surface area contributed by atoms with Gasteiger partial charge < -0.3 is 21.7 Å². The Hall–Kier alpha value is -3.50. The predicted molar refractivity (Wildman–Crippen MR) is 145 cm³/mol. The molecule has 11 heteroatoms. The van der Waals surface area contributed by atoms with Gasteiger partial charge in [-0.1, -0.05) is 44.2 Å². The molecule has 2 aromatic carbocycles. The van der Waals surface area contributed by atoms with Gasteiger partial charge in [0.05, 0.1) is 4.92 Å². The Kier molecular flexibility index (Phi) is 13.9. The van der Waals surface area contributed by atoms with Gasteiger partial charge >= 0.3 is 0 Å². The van der Waals surface area contributed by atoms with Crippen molar-refractivity contribution in [2.75, 3.05) is 11.9 Å². The van der Waals surface area contributed by atoms with Crippen LogP contribution in [0.25, 0.3) is 0 Å². The van der Waals surface area contributed by atoms with Crippen LogP contribution in [0.3, 0.4) is 0 Å². The third kappa shape index (κ3) is 11.4. The van der Waals surface area contributed by atoms with E-state index >= 15 is 0 Å². The van der Waals surface area contributed by atoms with Gasteiger partial charge in [0, 0.05) is 30.7 Å². The zero-order chi connectivity index (χ0) is 26.5. The molecule has 0 aliphatic heterocycles. The van der Waals surface area contributed by atoms with E-state index in [1.165, 1.54) is 24.3 Å². The number of unbranched alkanes of at least 4 members (excludes halogenated alkanes) is 1. The highest BCUT2D eigenvalue weighted by molar-refractivity contribution is 5.98. The van der Waals surface area contributed by atoms with Crippen LogP contribution >= 0.6 is 12.4 Å². The van der Waals surface area contributed by atoms with Crippen LogP contribution in [0.1, 0.15) is 45.1 Å². The number of nitrogens with zero attached hydrogens (tertiary/aromatic N) is 1. The first-order chi connectivity index (χ1) is 17.2. The number of nitro groups is 1. The summed E-state index contributed by atoms with van der Waals surface area (Å²) in [4.78, 5) is 49.1. The van der Waals surface area contributed by atoms with Gasteiger partial charge in [0.2, 0.25) is 17.7 Å². The lowest BCUT2D eigenvalue weighted by atomic mass is 10.0. The Morgan fingerprint density at radius 2 is 1.57 bits per heavy atom. The molecular weight excluding hydrogens is 498 g/mol. The molecule has 37 heavy (non-hydrogen) atoms. The molecule has 0 aliphatic rings. The van der Waals surface area contributed by atoms with Gasteiger partial charge in [-0.15, -0.1) is 12.4 Å². The normalized spacial score (nSPS) is 12.1. The van der Waals surface area contributed by atoms with Gasteiger partial charge in [0.1, 0.15) is 12.1 Å². The summed E-state index contributed by atoms with van der Waals surface area (Å²) < 4.78 is 0. The van der Waals surface area contributed by atoms with Crippen LogP contribution in [-0.4, -0.2) is 41.3 Å². The molecule has 0 radical (unpaired) electrons. The lowest BCUT2D eigenvalue weighted by Gasteiger charge is -2.24. The zero-order valence-electron chi connectivity index (χ0n) is 21.1. The van der Waals surface area contributed by atoms with Crippen molar-refractivity contribution in [1.82, 2.24) is 10.6 Å². The summed E-state index contributed by atoms with van der Waals surface area (Å²) >= 11 is 0. The Labute approximate surface area is 223 Å². The lowest BCUT2D eigenvalue weighted by Crippen LogP contribution is -2.53. The first-order valence-corrected chi connectivity index (χ1v) is 12.1. The summed E-state index contributed by atoms with van der Waals surface area (Å²) in [5, 5.41) is 19.2. The fourth-order valence-corrected chi connectivity index (χ4v) is 3.61. The number of non-ortho nitro benzene ring substituents is 1. The molecule has 0 spiro atoms. The highest BCUT2D eigenvalue weighted by Crippen LogP contribution is 2.16. The second-order valence-electron chi connectivity index (χ2n) is 9.05. The SMILES string of the molecule is CC(C)CC(=O)N[C@@H](Cc1ccccc1)C(=O)N[C@@H](CCCCN)C(=O)Nc1ccc([N+](=O)[O-])cc1.Cl. The first kappa shape index (κ1) is 31.5. The van der Waals surface area contributed by atoms with Gasteiger partial charge in [-0.05, 0) is 49.4 Å². The van der Waals surface area contributed by atoms with Crippen LogP contribution in [0.4, 0.5) is 11.4 Å². The summed E-state index contributed by atoms with van der Waals surface area (Å²) in [6.45, 7) is 4.29. The summed E-state index contributed by atoms with van der Waals surface area (Å²) in [5.41, 5.74) is 6.74. The van der Waals surface area contributed by atoms with E-state index in [-0.39, 0.29) is 42.8 Å². The minimum absolute atomic E-state index is 0. The van der Waals surface area contributed by atoms with Crippen LogP contribution in [0, 0.1) is 16.0 Å². The molecule has 2 atom stereocenters. The summed E-state index contributed by atoms with van der Waals surface area (Å²) in [6, 6.07) is 13.0. The van der Waals surface area contributed by atoms with Crippen molar-refractivity contribution in [2.45, 2.75) is 58.0 Å². The third-order valence-corrected chi connectivity index (χ3v) is 5.45. The smallest absolute Gasteiger partial charge is 0.269 e.